The van der Waals surface area contributed by atoms with Gasteiger partial charge in [-0.2, -0.15) is 0 Å². The molecule has 1 heterocycles. The first kappa shape index (κ1) is 27.2. The molecule has 1 aromatic heterocycles. The number of aromatic amines is 1. The van der Waals surface area contributed by atoms with Gasteiger partial charge >= 0.3 is 33.3 Å². The topological polar surface area (TPSA) is 59.0 Å². The number of aromatic nitrogens is 1. The van der Waals surface area contributed by atoms with Crippen molar-refractivity contribution in [3.63, 3.8) is 0 Å². The van der Waals surface area contributed by atoms with Gasteiger partial charge < -0.3 is 14.5 Å². The number of benzene rings is 4. The van der Waals surface area contributed by atoms with Crippen molar-refractivity contribution in [3.8, 4) is 23.0 Å². The molecule has 5 nitrogen and oxygen atoms in total. The molecule has 0 saturated carbocycles. The van der Waals surface area contributed by atoms with Crippen LogP contribution in [0.15, 0.2) is 131 Å². The van der Waals surface area contributed by atoms with Gasteiger partial charge in [-0.05, 0) is 84.9 Å². The van der Waals surface area contributed by atoms with Gasteiger partial charge in [0.15, 0.2) is 0 Å². The summed E-state index contributed by atoms with van der Waals surface area (Å²) < 4.78 is 11.6. The number of para-hydroxylation sites is 2. The number of rotatable bonds is 8. The standard InChI is InChI=1S/C30H23N3O2.2ClH.Fe/c1-3-7-27(8-4-1)34-29-17-13-23(14-18-29)31-21-25-11-12-26(33-25)22-32-24-15-19-30(20-16-24)35-28-9-5-2-6-10-28;;;/h1-22,33H;2*1H;/q;;;+2/p-2. The van der Waals surface area contributed by atoms with Gasteiger partial charge in [-0.3, -0.25) is 9.98 Å². The Morgan fingerprint density at radius 3 is 1.21 bits per heavy atom. The molecule has 1 N–H and O–H groups in total. The maximum absolute atomic E-state index is 5.82. The van der Waals surface area contributed by atoms with Gasteiger partial charge in [-0.15, -0.1) is 0 Å². The third-order valence-corrected chi connectivity index (χ3v) is 5.07. The second-order valence-electron chi connectivity index (χ2n) is 7.75. The van der Waals surface area contributed by atoms with Crippen molar-refractivity contribution in [2.45, 2.75) is 0 Å². The van der Waals surface area contributed by atoms with Crippen LogP contribution in [0.1, 0.15) is 11.4 Å². The van der Waals surface area contributed by atoms with Gasteiger partial charge in [-0.1, -0.05) is 36.4 Å². The zero-order valence-corrected chi connectivity index (χ0v) is 22.6. The molecular formula is C30H23Cl2FeN3O2. The van der Waals surface area contributed by atoms with Crippen molar-refractivity contribution in [1.82, 2.24) is 4.98 Å². The van der Waals surface area contributed by atoms with E-state index in [0.29, 0.717) is 0 Å². The Kier molecular flexibility index (Phi) is 10.6. The van der Waals surface area contributed by atoms with Crippen molar-refractivity contribution in [1.29, 1.82) is 0 Å². The first-order valence-corrected chi connectivity index (χ1v) is 14.5. The van der Waals surface area contributed by atoms with Crippen LogP contribution in [0.25, 0.3) is 0 Å². The number of hydrogen-bond donors (Lipinski definition) is 1. The summed E-state index contributed by atoms with van der Waals surface area (Å²) in [6.45, 7) is 0. The average Bonchev–Trinajstić information content (AvgIpc) is 3.42. The van der Waals surface area contributed by atoms with E-state index in [-0.39, 0.29) is 13.1 Å². The van der Waals surface area contributed by atoms with E-state index in [4.69, 9.17) is 29.7 Å². The van der Waals surface area contributed by atoms with Crippen LogP contribution in [0.2, 0.25) is 0 Å². The molecule has 0 aliphatic heterocycles. The average molecular weight is 584 g/mol. The number of nitrogens with zero attached hydrogens (tertiary/aromatic N) is 2. The first-order chi connectivity index (χ1) is 18.7. The van der Waals surface area contributed by atoms with Gasteiger partial charge in [0, 0.05) is 0 Å². The minimum atomic E-state index is 0.194. The molecule has 5 rings (SSSR count). The second-order valence-corrected chi connectivity index (χ2v) is 9.58. The van der Waals surface area contributed by atoms with Crippen LogP contribution in [0.4, 0.5) is 11.4 Å². The second kappa shape index (κ2) is 14.8. The van der Waals surface area contributed by atoms with Crippen LogP contribution in [0.5, 0.6) is 23.0 Å². The maximum atomic E-state index is 5.82. The van der Waals surface area contributed by atoms with Crippen LogP contribution in [0, 0.1) is 0 Å². The molecule has 0 atom stereocenters. The van der Waals surface area contributed by atoms with Crippen molar-refractivity contribution < 1.29 is 22.6 Å². The number of nitrogens with one attached hydrogen (secondary N) is 1. The summed E-state index contributed by atoms with van der Waals surface area (Å²) in [7, 11) is 9.53. The summed E-state index contributed by atoms with van der Waals surface area (Å²) in [6.07, 6.45) is 3.58. The van der Waals surface area contributed by atoms with E-state index >= 15 is 0 Å². The molecule has 0 amide bonds. The third kappa shape index (κ3) is 8.94. The minimum absolute atomic E-state index is 0.194. The predicted molar refractivity (Wildman–Crippen MR) is 153 cm³/mol. The molecule has 4 aromatic carbocycles. The fourth-order valence-electron chi connectivity index (χ4n) is 3.32. The summed E-state index contributed by atoms with van der Waals surface area (Å²) in [5, 5.41) is 0. The van der Waals surface area contributed by atoms with Crippen molar-refractivity contribution >= 4 is 44.0 Å². The molecule has 0 radical (unpaired) electrons. The van der Waals surface area contributed by atoms with Crippen LogP contribution >= 0.6 is 20.2 Å². The van der Waals surface area contributed by atoms with Crippen molar-refractivity contribution in [2.75, 3.05) is 0 Å². The fraction of sp³-hybridized carbons (Fsp3) is 0. The number of hydrogen-bond acceptors (Lipinski definition) is 4. The zero-order valence-electron chi connectivity index (χ0n) is 20.0. The molecule has 38 heavy (non-hydrogen) atoms. The summed E-state index contributed by atoms with van der Waals surface area (Å²) in [6, 6.07) is 38.6. The molecule has 0 aliphatic rings. The molecule has 8 heteroatoms. The molecule has 0 bridgehead atoms. The summed E-state index contributed by atoms with van der Waals surface area (Å²) in [4.78, 5) is 12.4. The van der Waals surface area contributed by atoms with Crippen LogP contribution in [-0.4, -0.2) is 17.4 Å². The van der Waals surface area contributed by atoms with Gasteiger partial charge in [0.1, 0.15) is 23.0 Å². The Morgan fingerprint density at radius 1 is 0.500 bits per heavy atom. The normalized spacial score (nSPS) is 10.9. The van der Waals surface area contributed by atoms with Crippen molar-refractivity contribution in [2.24, 2.45) is 9.98 Å². The molecule has 0 aliphatic carbocycles. The number of H-pyrrole nitrogens is 1. The Labute approximate surface area is 236 Å². The van der Waals surface area contributed by atoms with Gasteiger partial charge in [0.2, 0.25) is 0 Å². The first-order valence-electron chi connectivity index (χ1n) is 11.5. The van der Waals surface area contributed by atoms with Gasteiger partial charge in [-0.25, -0.2) is 0 Å². The number of ether oxygens (including phenoxy) is 2. The Morgan fingerprint density at radius 2 is 0.842 bits per heavy atom. The molecule has 5 aromatic rings. The van der Waals surface area contributed by atoms with E-state index in [1.54, 1.807) is 12.4 Å². The quantitative estimate of drug-likeness (QED) is 0.146. The Bertz CT molecular complexity index is 1330. The fourth-order valence-corrected chi connectivity index (χ4v) is 3.32. The third-order valence-electron chi connectivity index (χ3n) is 5.07. The summed E-state index contributed by atoms with van der Waals surface area (Å²) in [5.74, 6) is 3.16. The molecule has 0 unspecified atom stereocenters. The number of halogens is 2. The Balaban J connectivity index is 0.00000107. The molecule has 192 valence electrons. The Hall–Kier alpha value is -3.80. The summed E-state index contributed by atoms with van der Waals surface area (Å²) in [5.41, 5.74) is 3.46. The number of aliphatic imine (C=N–C) groups is 2. The zero-order chi connectivity index (χ0) is 26.4. The molecule has 0 saturated heterocycles. The van der Waals surface area contributed by atoms with Gasteiger partial charge in [0.05, 0.1) is 35.2 Å². The van der Waals surface area contributed by atoms with Gasteiger partial charge in [0.25, 0.3) is 0 Å². The van der Waals surface area contributed by atoms with E-state index in [1.807, 2.05) is 121 Å². The monoisotopic (exact) mass is 583 g/mol. The van der Waals surface area contributed by atoms with E-state index in [0.717, 1.165) is 45.8 Å². The van der Waals surface area contributed by atoms with E-state index in [2.05, 4.69) is 15.0 Å². The van der Waals surface area contributed by atoms with E-state index < -0.39 is 0 Å². The van der Waals surface area contributed by atoms with Crippen LogP contribution in [0.3, 0.4) is 0 Å². The molecular weight excluding hydrogens is 561 g/mol. The SMILES string of the molecule is C(=Nc1ccc(Oc2ccccc2)cc1)c1ccc(C=Nc2ccc(Oc3ccccc3)cc2)[nH]1.[Cl][Fe][Cl]. The molecule has 0 fully saturated rings. The van der Waals surface area contributed by atoms with E-state index in [1.165, 1.54) is 0 Å². The molecule has 0 spiro atoms. The van der Waals surface area contributed by atoms with Crippen LogP contribution in [-0.2, 0) is 13.1 Å². The predicted octanol–water partition coefficient (Wildman–Crippen LogP) is 9.48. The van der Waals surface area contributed by atoms with Crippen LogP contribution < -0.4 is 9.47 Å². The van der Waals surface area contributed by atoms with E-state index in [9.17, 15) is 0 Å². The van der Waals surface area contributed by atoms with Crippen molar-refractivity contribution in [3.05, 3.63) is 133 Å². The summed E-state index contributed by atoms with van der Waals surface area (Å²) >= 11 is 0.194.